The van der Waals surface area contributed by atoms with Crippen molar-refractivity contribution < 1.29 is 8.78 Å². The maximum absolute atomic E-state index is 13.7. The van der Waals surface area contributed by atoms with Crippen LogP contribution in [0.3, 0.4) is 0 Å². The molecule has 2 rings (SSSR count). The molecule has 0 unspecified atom stereocenters. The minimum atomic E-state index is -0.494. The van der Waals surface area contributed by atoms with Crippen molar-refractivity contribution >= 4 is 0 Å². The first-order valence-electron chi connectivity index (χ1n) is 5.76. The summed E-state index contributed by atoms with van der Waals surface area (Å²) in [6.45, 7) is 1.91. The highest BCUT2D eigenvalue weighted by molar-refractivity contribution is 5.33. The summed E-state index contributed by atoms with van der Waals surface area (Å²) < 4.78 is 27.5. The van der Waals surface area contributed by atoms with Crippen molar-refractivity contribution in [1.29, 1.82) is 0 Å². The van der Waals surface area contributed by atoms with E-state index in [1.165, 1.54) is 18.2 Å². The lowest BCUT2D eigenvalue weighted by atomic mass is 9.78. The summed E-state index contributed by atoms with van der Waals surface area (Å²) in [5, 5.41) is 0. The molecule has 86 valence electrons. The Morgan fingerprint density at radius 2 is 1.81 bits per heavy atom. The van der Waals surface area contributed by atoms with Gasteiger partial charge in [-0.15, -0.1) is 0 Å². The average Bonchev–Trinajstić information content (AvgIpc) is 2.43. The van der Waals surface area contributed by atoms with E-state index >= 15 is 0 Å². The van der Waals surface area contributed by atoms with Crippen LogP contribution in [-0.4, -0.2) is 0 Å². The summed E-state index contributed by atoms with van der Waals surface area (Å²) in [5.74, 6) is -0.872. The van der Waals surface area contributed by atoms with Crippen LogP contribution < -0.4 is 0 Å². The lowest BCUT2D eigenvalue weighted by Gasteiger charge is -2.26. The van der Waals surface area contributed by atoms with E-state index in [-0.39, 0.29) is 5.56 Å². The maximum Gasteiger partial charge on any atom is 0.130 e. The summed E-state index contributed by atoms with van der Waals surface area (Å²) in [6.07, 6.45) is 7.92. The molecule has 2 heteroatoms. The van der Waals surface area contributed by atoms with Gasteiger partial charge in [0.2, 0.25) is 0 Å². The van der Waals surface area contributed by atoms with Crippen molar-refractivity contribution in [2.75, 3.05) is 0 Å². The van der Waals surface area contributed by atoms with E-state index in [1.807, 2.05) is 19.1 Å². The number of hydrogen-bond acceptors (Lipinski definition) is 0. The van der Waals surface area contributed by atoms with Crippen molar-refractivity contribution in [1.82, 2.24) is 0 Å². The van der Waals surface area contributed by atoms with Crippen molar-refractivity contribution in [3.63, 3.8) is 0 Å². The van der Waals surface area contributed by atoms with Gasteiger partial charge < -0.3 is 0 Å². The van der Waals surface area contributed by atoms with E-state index < -0.39 is 17.0 Å². The third kappa shape index (κ3) is 2.01. The van der Waals surface area contributed by atoms with Gasteiger partial charge in [0.1, 0.15) is 11.6 Å². The SMILES string of the molecule is C[C@]1(c2c(F)cccc2F)C=CCCCC1. The summed E-state index contributed by atoms with van der Waals surface area (Å²) in [4.78, 5) is 0. The molecule has 0 heterocycles. The van der Waals surface area contributed by atoms with Gasteiger partial charge in [-0.05, 0) is 31.4 Å². The van der Waals surface area contributed by atoms with E-state index in [1.54, 1.807) is 0 Å². The Morgan fingerprint density at radius 1 is 1.12 bits per heavy atom. The Bertz CT molecular complexity index is 389. The molecule has 0 fully saturated rings. The largest absolute Gasteiger partial charge is 0.207 e. The van der Waals surface area contributed by atoms with Crippen molar-refractivity contribution in [2.45, 2.75) is 38.0 Å². The van der Waals surface area contributed by atoms with Gasteiger partial charge in [-0.3, -0.25) is 0 Å². The molecule has 1 atom stereocenters. The third-order valence-electron chi connectivity index (χ3n) is 3.34. The lowest BCUT2D eigenvalue weighted by Crippen LogP contribution is -2.22. The van der Waals surface area contributed by atoms with E-state index in [2.05, 4.69) is 0 Å². The maximum atomic E-state index is 13.7. The Hall–Kier alpha value is -1.18. The predicted molar refractivity (Wildman–Crippen MR) is 61.3 cm³/mol. The number of halogens is 2. The smallest absolute Gasteiger partial charge is 0.130 e. The quantitative estimate of drug-likeness (QED) is 0.619. The summed E-state index contributed by atoms with van der Waals surface area (Å²) in [6, 6.07) is 4.09. The van der Waals surface area contributed by atoms with Gasteiger partial charge in [-0.1, -0.05) is 31.6 Å². The van der Waals surface area contributed by atoms with Gasteiger partial charge in [-0.2, -0.15) is 0 Å². The highest BCUT2D eigenvalue weighted by Gasteiger charge is 2.30. The molecule has 0 N–H and O–H groups in total. The van der Waals surface area contributed by atoms with Crippen LogP contribution >= 0.6 is 0 Å². The fourth-order valence-electron chi connectivity index (χ4n) is 2.43. The summed E-state index contributed by atoms with van der Waals surface area (Å²) >= 11 is 0. The molecular formula is C14H16F2. The highest BCUT2D eigenvalue weighted by Crippen LogP contribution is 2.36. The van der Waals surface area contributed by atoms with E-state index in [9.17, 15) is 8.78 Å². The van der Waals surface area contributed by atoms with Gasteiger partial charge in [0.05, 0.1) is 0 Å². The highest BCUT2D eigenvalue weighted by atomic mass is 19.1. The summed E-state index contributed by atoms with van der Waals surface area (Å²) in [5.41, 5.74) is -0.278. The molecular weight excluding hydrogens is 206 g/mol. The second kappa shape index (κ2) is 4.36. The zero-order chi connectivity index (χ0) is 11.6. The fraction of sp³-hybridized carbons (Fsp3) is 0.429. The van der Waals surface area contributed by atoms with E-state index in [0.29, 0.717) is 0 Å². The number of allylic oxidation sites excluding steroid dienone is 2. The minimum Gasteiger partial charge on any atom is -0.207 e. The Kier molecular flexibility index (Phi) is 3.08. The van der Waals surface area contributed by atoms with Gasteiger partial charge in [0.25, 0.3) is 0 Å². The van der Waals surface area contributed by atoms with Crippen LogP contribution in [0.4, 0.5) is 8.78 Å². The van der Waals surface area contributed by atoms with Crippen LogP contribution in [0.2, 0.25) is 0 Å². The molecule has 0 nitrogen and oxygen atoms in total. The number of benzene rings is 1. The van der Waals surface area contributed by atoms with Crippen LogP contribution in [0.15, 0.2) is 30.4 Å². The van der Waals surface area contributed by atoms with Crippen LogP contribution in [0.25, 0.3) is 0 Å². The second-order valence-electron chi connectivity index (χ2n) is 4.66. The first-order chi connectivity index (χ1) is 7.63. The van der Waals surface area contributed by atoms with E-state index in [4.69, 9.17) is 0 Å². The van der Waals surface area contributed by atoms with E-state index in [0.717, 1.165) is 25.7 Å². The van der Waals surface area contributed by atoms with Crippen molar-refractivity contribution in [3.05, 3.63) is 47.5 Å². The van der Waals surface area contributed by atoms with Gasteiger partial charge in [0, 0.05) is 11.0 Å². The first-order valence-corrected chi connectivity index (χ1v) is 5.76. The zero-order valence-corrected chi connectivity index (χ0v) is 9.47. The molecule has 1 aliphatic rings. The molecule has 0 radical (unpaired) electrons. The van der Waals surface area contributed by atoms with Gasteiger partial charge in [0.15, 0.2) is 0 Å². The van der Waals surface area contributed by atoms with Crippen LogP contribution in [0.1, 0.15) is 38.2 Å². The third-order valence-corrected chi connectivity index (χ3v) is 3.34. The monoisotopic (exact) mass is 222 g/mol. The Balaban J connectivity index is 2.48. The minimum absolute atomic E-state index is 0.216. The molecule has 1 aromatic rings. The standard InChI is InChI=1S/C14H16F2/c1-14(9-4-2-3-5-10-14)13-11(15)7-6-8-12(13)16/h4,6-9H,2-3,5,10H2,1H3/t14-/m0/s1. The molecule has 1 aliphatic carbocycles. The molecule has 0 bridgehead atoms. The molecule has 1 aromatic carbocycles. The average molecular weight is 222 g/mol. The number of hydrogen-bond donors (Lipinski definition) is 0. The molecule has 0 amide bonds. The molecule has 0 spiro atoms. The van der Waals surface area contributed by atoms with Crippen LogP contribution in [0.5, 0.6) is 0 Å². The van der Waals surface area contributed by atoms with Crippen LogP contribution in [0, 0.1) is 11.6 Å². The molecule has 0 aliphatic heterocycles. The van der Waals surface area contributed by atoms with Crippen LogP contribution in [-0.2, 0) is 5.41 Å². The molecule has 0 aromatic heterocycles. The Morgan fingerprint density at radius 3 is 2.50 bits per heavy atom. The topological polar surface area (TPSA) is 0 Å². The fourth-order valence-corrected chi connectivity index (χ4v) is 2.43. The predicted octanol–water partition coefficient (Wildman–Crippen LogP) is 4.35. The van der Waals surface area contributed by atoms with Gasteiger partial charge in [-0.25, -0.2) is 8.78 Å². The number of rotatable bonds is 1. The Labute approximate surface area is 95.0 Å². The summed E-state index contributed by atoms with van der Waals surface area (Å²) in [7, 11) is 0. The molecule has 16 heavy (non-hydrogen) atoms. The second-order valence-corrected chi connectivity index (χ2v) is 4.66. The van der Waals surface area contributed by atoms with Crippen molar-refractivity contribution in [2.24, 2.45) is 0 Å². The van der Waals surface area contributed by atoms with Crippen molar-refractivity contribution in [3.8, 4) is 0 Å². The molecule has 0 saturated heterocycles. The normalized spacial score (nSPS) is 25.4. The first kappa shape index (κ1) is 11.3. The zero-order valence-electron chi connectivity index (χ0n) is 9.47. The molecule has 0 saturated carbocycles. The lowest BCUT2D eigenvalue weighted by molar-refractivity contribution is 0.450. The van der Waals surface area contributed by atoms with Gasteiger partial charge >= 0.3 is 0 Å².